The maximum absolute atomic E-state index is 6.49. The van der Waals surface area contributed by atoms with Crippen LogP contribution in [0.2, 0.25) is 19.6 Å². The Morgan fingerprint density at radius 3 is 2.57 bits per heavy atom. The third kappa shape index (κ3) is 4.08. The number of aromatic nitrogens is 2. The summed E-state index contributed by atoms with van der Waals surface area (Å²) >= 11 is 0. The van der Waals surface area contributed by atoms with Gasteiger partial charge < -0.3 is 4.42 Å². The van der Waals surface area contributed by atoms with Crippen LogP contribution < -0.4 is 9.75 Å². The number of rotatable bonds is 5. The van der Waals surface area contributed by atoms with E-state index in [-0.39, 0.29) is 23.4 Å². The van der Waals surface area contributed by atoms with Crippen molar-refractivity contribution in [3.05, 3.63) is 114 Å². The highest BCUT2D eigenvalue weighted by atomic mass is 28.3. The second kappa shape index (κ2) is 10.2. The van der Waals surface area contributed by atoms with Gasteiger partial charge in [-0.3, -0.25) is 4.99 Å². The predicted octanol–water partition coefficient (Wildman–Crippen LogP) is 8.95. The molecule has 0 saturated heterocycles. The zero-order valence-corrected chi connectivity index (χ0v) is 29.1. The van der Waals surface area contributed by atoms with Gasteiger partial charge in [0.1, 0.15) is 5.58 Å². The molecule has 4 nitrogen and oxygen atoms in total. The van der Waals surface area contributed by atoms with E-state index in [1.807, 2.05) is 13.0 Å². The first-order valence-electron chi connectivity index (χ1n) is 17.6. The number of benzene rings is 2. The van der Waals surface area contributed by atoms with Gasteiger partial charge in [-0.1, -0.05) is 88.3 Å². The van der Waals surface area contributed by atoms with Crippen molar-refractivity contribution in [2.24, 2.45) is 16.8 Å². The van der Waals surface area contributed by atoms with Gasteiger partial charge in [-0.25, -0.2) is 4.98 Å². The largest absolute Gasteiger partial charge is 0.437 e. The highest BCUT2D eigenvalue weighted by Crippen LogP contribution is 2.64. The van der Waals surface area contributed by atoms with Crippen LogP contribution in [0.15, 0.2) is 95.5 Å². The number of aliphatic imine (C=N–C) groups is 1. The molecule has 5 heteroatoms. The van der Waals surface area contributed by atoms with Crippen LogP contribution in [-0.4, -0.2) is 24.3 Å². The average molecular weight is 635 g/mol. The molecule has 9 rings (SSSR count). The van der Waals surface area contributed by atoms with Gasteiger partial charge in [0.05, 0.1) is 31.2 Å². The van der Waals surface area contributed by atoms with Crippen LogP contribution >= 0.6 is 0 Å². The van der Waals surface area contributed by atoms with Crippen LogP contribution in [0.25, 0.3) is 33.3 Å². The van der Waals surface area contributed by atoms with E-state index in [9.17, 15) is 0 Å². The average Bonchev–Trinajstić information content (AvgIpc) is 3.70. The van der Waals surface area contributed by atoms with Gasteiger partial charge in [-0.15, -0.1) is 6.58 Å². The van der Waals surface area contributed by atoms with E-state index in [1.165, 1.54) is 54.5 Å². The highest BCUT2D eigenvalue weighted by molar-refractivity contribution is 6.89. The first kappa shape index (κ1) is 29.1. The van der Waals surface area contributed by atoms with Crippen molar-refractivity contribution in [3.8, 4) is 11.3 Å². The number of pyridine rings is 2. The fourth-order valence-electron chi connectivity index (χ4n) is 9.89. The molecule has 2 fully saturated rings. The number of nitrogens with zero attached hydrogens (tertiary/aromatic N) is 3. The molecule has 2 aromatic carbocycles. The van der Waals surface area contributed by atoms with Gasteiger partial charge in [0.2, 0.25) is 11.4 Å². The maximum Gasteiger partial charge on any atom is 0.227 e. The molecule has 0 radical (unpaired) electrons. The number of aryl methyl sites for hydroxylation is 1. The highest BCUT2D eigenvalue weighted by Gasteiger charge is 2.69. The summed E-state index contributed by atoms with van der Waals surface area (Å²) in [6, 6.07) is 20.7. The fraction of sp³-hybridized carbons (Fsp3) is 0.357. The van der Waals surface area contributed by atoms with E-state index in [1.54, 1.807) is 10.8 Å². The van der Waals surface area contributed by atoms with Crippen LogP contribution in [0.1, 0.15) is 65.6 Å². The van der Waals surface area contributed by atoms with Gasteiger partial charge in [0.25, 0.3) is 0 Å². The molecule has 5 heterocycles. The lowest BCUT2D eigenvalue weighted by atomic mass is 9.48. The Hall–Kier alpha value is -4.09. The molecule has 2 saturated carbocycles. The minimum absolute atomic E-state index is 0.179. The minimum atomic E-state index is -1.62. The second-order valence-corrected chi connectivity index (χ2v) is 20.7. The molecule has 1 spiro atoms. The standard InChI is InChI=1S/C42H44N3OSi/c1-7-33-39-38(42(33)23-27-18-20-31-32-19-17-25(3)43-41(32)46-40(31)37(27)34(8-2)44-42)30-16-12-11-15-29(30)35-22-28(21-26-13-9-10-14-26)36(24-45(35)39)47(4,5)6/h7-8,11-12,15-20,22,24,26,33,38-39H,1-2,9-10,13-14,21,23H2,3-6H3/q+1. The molecule has 236 valence electrons. The fourth-order valence-corrected chi connectivity index (χ4v) is 11.6. The zero-order chi connectivity index (χ0) is 32.2. The van der Waals surface area contributed by atoms with E-state index < -0.39 is 8.07 Å². The van der Waals surface area contributed by atoms with Crippen molar-refractivity contribution in [2.45, 2.75) is 82.6 Å². The Kier molecular flexibility index (Phi) is 6.31. The van der Waals surface area contributed by atoms with E-state index in [4.69, 9.17) is 14.4 Å². The Bertz CT molecular complexity index is 2180. The van der Waals surface area contributed by atoms with E-state index in [2.05, 4.69) is 104 Å². The molecule has 0 N–H and O–H groups in total. The molecule has 47 heavy (non-hydrogen) atoms. The quantitative estimate of drug-likeness (QED) is 0.110. The van der Waals surface area contributed by atoms with Crippen LogP contribution in [0.4, 0.5) is 0 Å². The van der Waals surface area contributed by atoms with E-state index in [0.717, 1.165) is 45.7 Å². The number of hydrogen-bond acceptors (Lipinski definition) is 3. The Balaban J connectivity index is 1.23. The van der Waals surface area contributed by atoms with Crippen molar-refractivity contribution in [1.82, 2.24) is 4.98 Å². The molecule has 4 aliphatic rings. The third-order valence-corrected chi connectivity index (χ3v) is 14.0. The van der Waals surface area contributed by atoms with Crippen LogP contribution in [-0.2, 0) is 12.8 Å². The number of allylic oxidation sites excluding steroid dienone is 1. The lowest BCUT2D eigenvalue weighted by Crippen LogP contribution is -2.71. The molecule has 4 atom stereocenters. The first-order valence-corrected chi connectivity index (χ1v) is 21.1. The van der Waals surface area contributed by atoms with Crippen molar-refractivity contribution < 1.29 is 8.98 Å². The third-order valence-electron chi connectivity index (χ3n) is 12.0. The topological polar surface area (TPSA) is 42.3 Å². The molecule has 4 unspecified atom stereocenters. The Morgan fingerprint density at radius 1 is 1.02 bits per heavy atom. The SMILES string of the molecule is C=CC1=NC2(Cc3ccc4c(oc5nc(C)ccc54)c31)C(C=C)C1C2c2ccccc2-c2cc(CC3CCCC3)c([Si](C)(C)C)c[n+]21. The lowest BCUT2D eigenvalue weighted by Gasteiger charge is -2.58. The smallest absolute Gasteiger partial charge is 0.227 e. The molecule has 2 aliphatic heterocycles. The van der Waals surface area contributed by atoms with Gasteiger partial charge in [-0.05, 0) is 60.2 Å². The molecular formula is C42H44N3OSi+. The molecule has 0 bridgehead atoms. The van der Waals surface area contributed by atoms with Crippen molar-refractivity contribution in [3.63, 3.8) is 0 Å². The van der Waals surface area contributed by atoms with Gasteiger partial charge >= 0.3 is 0 Å². The van der Waals surface area contributed by atoms with Crippen LogP contribution in [0, 0.1) is 18.8 Å². The molecule has 2 aliphatic carbocycles. The van der Waals surface area contributed by atoms with Gasteiger partial charge in [0, 0.05) is 45.3 Å². The Morgan fingerprint density at radius 2 is 1.81 bits per heavy atom. The van der Waals surface area contributed by atoms with Gasteiger partial charge in [0.15, 0.2) is 12.2 Å². The van der Waals surface area contributed by atoms with Crippen LogP contribution in [0.3, 0.4) is 0 Å². The summed E-state index contributed by atoms with van der Waals surface area (Å²) in [6.45, 7) is 18.3. The minimum Gasteiger partial charge on any atom is -0.437 e. The summed E-state index contributed by atoms with van der Waals surface area (Å²) in [5.74, 6) is 1.23. The Labute approximate surface area is 279 Å². The summed E-state index contributed by atoms with van der Waals surface area (Å²) in [5.41, 5.74) is 11.2. The van der Waals surface area contributed by atoms with E-state index in [0.29, 0.717) is 5.71 Å². The summed E-state index contributed by atoms with van der Waals surface area (Å²) in [6.07, 6.45) is 14.3. The molecule has 3 aromatic heterocycles. The summed E-state index contributed by atoms with van der Waals surface area (Å²) in [5, 5.41) is 3.75. The maximum atomic E-state index is 6.49. The van der Waals surface area contributed by atoms with Crippen LogP contribution in [0.5, 0.6) is 0 Å². The molecular weight excluding hydrogens is 591 g/mol. The number of furan rings is 1. The molecule has 0 amide bonds. The molecule has 5 aromatic rings. The van der Waals surface area contributed by atoms with Gasteiger partial charge in [-0.2, -0.15) is 4.57 Å². The first-order chi connectivity index (χ1) is 22.7. The van der Waals surface area contributed by atoms with Crippen molar-refractivity contribution in [2.75, 3.05) is 0 Å². The summed E-state index contributed by atoms with van der Waals surface area (Å²) in [4.78, 5) is 10.4. The number of hydrogen-bond donors (Lipinski definition) is 0. The normalized spacial score (nSPS) is 24.8. The second-order valence-electron chi connectivity index (χ2n) is 15.7. The van der Waals surface area contributed by atoms with Crippen molar-refractivity contribution >= 4 is 41.0 Å². The van der Waals surface area contributed by atoms with E-state index >= 15 is 0 Å². The predicted molar refractivity (Wildman–Crippen MR) is 196 cm³/mol. The lowest BCUT2D eigenvalue weighted by molar-refractivity contribution is -0.738. The van der Waals surface area contributed by atoms with Crippen molar-refractivity contribution in [1.29, 1.82) is 0 Å². The summed E-state index contributed by atoms with van der Waals surface area (Å²) in [7, 11) is -1.62. The zero-order valence-electron chi connectivity index (χ0n) is 28.1. The number of fused-ring (bicyclic) bond motifs is 12. The monoisotopic (exact) mass is 634 g/mol. The summed E-state index contributed by atoms with van der Waals surface area (Å²) < 4.78 is 9.15.